The number of amides is 1. The van der Waals surface area contributed by atoms with Crippen LogP contribution in [0.1, 0.15) is 25.3 Å². The van der Waals surface area contributed by atoms with Gasteiger partial charge in [-0.15, -0.1) is 0 Å². The lowest BCUT2D eigenvalue weighted by molar-refractivity contribution is -0.141. The van der Waals surface area contributed by atoms with Crippen LogP contribution in [0.5, 0.6) is 0 Å². The largest absolute Gasteiger partial charge is 0.380 e. The molecule has 2 rings (SSSR count). The average Bonchev–Trinajstić information content (AvgIpc) is 2.44. The molecule has 1 atom stereocenters. The average molecular weight is 348 g/mol. The minimum atomic E-state index is -1.23. The number of thioether (sulfide) groups is 1. The third-order valence-corrected chi connectivity index (χ3v) is 5.39. The van der Waals surface area contributed by atoms with Gasteiger partial charge >= 0.3 is 0 Å². The highest BCUT2D eigenvalue weighted by Gasteiger charge is 2.37. The molecular formula is C15H19Cl2NO2S. The topological polar surface area (TPSA) is 49.3 Å². The summed E-state index contributed by atoms with van der Waals surface area (Å²) in [5, 5.41) is 14.5. The predicted molar refractivity (Wildman–Crippen MR) is 89.3 cm³/mol. The summed E-state index contributed by atoms with van der Waals surface area (Å²) < 4.78 is 0. The van der Waals surface area contributed by atoms with Crippen LogP contribution in [0.15, 0.2) is 18.2 Å². The van der Waals surface area contributed by atoms with Crippen LogP contribution in [-0.4, -0.2) is 34.2 Å². The van der Waals surface area contributed by atoms with Crippen molar-refractivity contribution in [2.24, 2.45) is 0 Å². The second-order valence-electron chi connectivity index (χ2n) is 5.42. The van der Waals surface area contributed by atoms with Crippen LogP contribution >= 0.6 is 35.0 Å². The van der Waals surface area contributed by atoms with Crippen molar-refractivity contribution in [1.29, 1.82) is 0 Å². The highest BCUT2D eigenvalue weighted by atomic mass is 35.5. The van der Waals surface area contributed by atoms with Gasteiger partial charge in [0.15, 0.2) is 0 Å². The van der Waals surface area contributed by atoms with E-state index in [-0.39, 0.29) is 11.9 Å². The lowest BCUT2D eigenvalue weighted by Gasteiger charge is -2.31. The second-order valence-corrected chi connectivity index (χ2v) is 7.46. The summed E-state index contributed by atoms with van der Waals surface area (Å²) in [4.78, 5) is 12.3. The SMILES string of the molecule is CC(Cc1c(Cl)cccc1Cl)NC(=O)C1(O)CCSCC1. The Kier molecular flexibility index (Phi) is 5.83. The Morgan fingerprint density at radius 1 is 1.38 bits per heavy atom. The molecule has 0 spiro atoms. The first-order chi connectivity index (χ1) is 9.92. The van der Waals surface area contributed by atoms with E-state index in [0.717, 1.165) is 17.1 Å². The molecule has 1 heterocycles. The summed E-state index contributed by atoms with van der Waals surface area (Å²) in [6, 6.07) is 5.21. The zero-order valence-electron chi connectivity index (χ0n) is 11.9. The molecule has 1 aliphatic heterocycles. The first-order valence-corrected chi connectivity index (χ1v) is 8.87. The molecule has 3 nitrogen and oxygen atoms in total. The molecule has 21 heavy (non-hydrogen) atoms. The number of hydrogen-bond acceptors (Lipinski definition) is 3. The molecule has 2 N–H and O–H groups in total. The van der Waals surface area contributed by atoms with E-state index in [1.54, 1.807) is 30.0 Å². The Morgan fingerprint density at radius 2 is 1.95 bits per heavy atom. The van der Waals surface area contributed by atoms with E-state index >= 15 is 0 Å². The lowest BCUT2D eigenvalue weighted by Crippen LogP contribution is -2.51. The van der Waals surface area contributed by atoms with Crippen molar-refractivity contribution >= 4 is 40.9 Å². The molecule has 0 bridgehead atoms. The van der Waals surface area contributed by atoms with Gasteiger partial charge in [-0.25, -0.2) is 0 Å². The molecule has 116 valence electrons. The van der Waals surface area contributed by atoms with Crippen molar-refractivity contribution in [3.63, 3.8) is 0 Å². The van der Waals surface area contributed by atoms with Crippen molar-refractivity contribution in [2.45, 2.75) is 37.8 Å². The van der Waals surface area contributed by atoms with Crippen molar-refractivity contribution in [3.05, 3.63) is 33.8 Å². The van der Waals surface area contributed by atoms with Gasteiger partial charge in [0.1, 0.15) is 5.60 Å². The minimum Gasteiger partial charge on any atom is -0.380 e. The highest BCUT2D eigenvalue weighted by molar-refractivity contribution is 7.99. The third-order valence-electron chi connectivity index (χ3n) is 3.69. The quantitative estimate of drug-likeness (QED) is 0.878. The summed E-state index contributed by atoms with van der Waals surface area (Å²) in [5.41, 5.74) is -0.413. The smallest absolute Gasteiger partial charge is 0.252 e. The zero-order chi connectivity index (χ0) is 15.5. The van der Waals surface area contributed by atoms with Gasteiger partial charge in [-0.05, 0) is 55.4 Å². The molecule has 1 saturated heterocycles. The van der Waals surface area contributed by atoms with E-state index in [2.05, 4.69) is 5.32 Å². The normalized spacial score (nSPS) is 19.0. The molecule has 0 radical (unpaired) electrons. The first-order valence-electron chi connectivity index (χ1n) is 6.96. The maximum Gasteiger partial charge on any atom is 0.252 e. The number of carbonyl (C=O) groups excluding carboxylic acids is 1. The molecule has 1 amide bonds. The van der Waals surface area contributed by atoms with Crippen LogP contribution in [0.25, 0.3) is 0 Å². The second kappa shape index (κ2) is 7.23. The van der Waals surface area contributed by atoms with Gasteiger partial charge in [-0.3, -0.25) is 4.79 Å². The molecule has 1 aromatic rings. The third kappa shape index (κ3) is 4.28. The summed E-state index contributed by atoms with van der Waals surface area (Å²) in [6.45, 7) is 1.89. The molecule has 1 aromatic carbocycles. The fraction of sp³-hybridized carbons (Fsp3) is 0.533. The Labute approximate surface area is 139 Å². The maximum absolute atomic E-state index is 12.3. The van der Waals surface area contributed by atoms with Crippen molar-refractivity contribution < 1.29 is 9.90 Å². The van der Waals surface area contributed by atoms with Crippen LogP contribution in [0.3, 0.4) is 0 Å². The molecule has 0 aromatic heterocycles. The predicted octanol–water partition coefficient (Wildman–Crippen LogP) is 3.30. The summed E-state index contributed by atoms with van der Waals surface area (Å²) in [7, 11) is 0. The monoisotopic (exact) mass is 347 g/mol. The van der Waals surface area contributed by atoms with Crippen molar-refractivity contribution in [1.82, 2.24) is 5.32 Å². The van der Waals surface area contributed by atoms with Gasteiger partial charge in [-0.1, -0.05) is 29.3 Å². The van der Waals surface area contributed by atoms with Crippen LogP contribution < -0.4 is 5.32 Å². The maximum atomic E-state index is 12.3. The van der Waals surface area contributed by atoms with Crippen LogP contribution in [0.4, 0.5) is 0 Å². The number of hydrogen-bond donors (Lipinski definition) is 2. The summed E-state index contributed by atoms with van der Waals surface area (Å²) in [6.07, 6.45) is 1.54. The summed E-state index contributed by atoms with van der Waals surface area (Å²) >= 11 is 14.0. The molecule has 1 aliphatic rings. The number of nitrogens with one attached hydrogen (secondary N) is 1. The Balaban J connectivity index is 1.98. The molecular weight excluding hydrogens is 329 g/mol. The van der Waals surface area contributed by atoms with Crippen LogP contribution in [-0.2, 0) is 11.2 Å². The van der Waals surface area contributed by atoms with Gasteiger partial charge in [0, 0.05) is 16.1 Å². The van der Waals surface area contributed by atoms with E-state index in [9.17, 15) is 9.90 Å². The van der Waals surface area contributed by atoms with E-state index in [1.165, 1.54) is 0 Å². The number of carbonyl (C=O) groups is 1. The highest BCUT2D eigenvalue weighted by Crippen LogP contribution is 2.28. The molecule has 1 fully saturated rings. The fourth-order valence-corrected chi connectivity index (χ4v) is 4.10. The van der Waals surface area contributed by atoms with Crippen LogP contribution in [0.2, 0.25) is 10.0 Å². The fourth-order valence-electron chi connectivity index (χ4n) is 2.38. The minimum absolute atomic E-state index is 0.145. The van der Waals surface area contributed by atoms with E-state index in [0.29, 0.717) is 29.3 Å². The molecule has 1 unspecified atom stereocenters. The van der Waals surface area contributed by atoms with Crippen molar-refractivity contribution in [2.75, 3.05) is 11.5 Å². The van der Waals surface area contributed by atoms with E-state index in [1.807, 2.05) is 6.92 Å². The van der Waals surface area contributed by atoms with E-state index < -0.39 is 5.60 Å². The van der Waals surface area contributed by atoms with Crippen molar-refractivity contribution in [3.8, 4) is 0 Å². The van der Waals surface area contributed by atoms with Crippen LogP contribution in [0, 0.1) is 0 Å². The Hall–Kier alpha value is -0.420. The van der Waals surface area contributed by atoms with Gasteiger partial charge < -0.3 is 10.4 Å². The first kappa shape index (κ1) is 16.9. The molecule has 0 aliphatic carbocycles. The Bertz CT molecular complexity index is 498. The van der Waals surface area contributed by atoms with Gasteiger partial charge in [0.25, 0.3) is 5.91 Å². The number of benzene rings is 1. The zero-order valence-corrected chi connectivity index (χ0v) is 14.2. The number of halogens is 2. The van der Waals surface area contributed by atoms with E-state index in [4.69, 9.17) is 23.2 Å². The Morgan fingerprint density at radius 3 is 2.52 bits per heavy atom. The number of aliphatic hydroxyl groups is 1. The summed E-state index contributed by atoms with van der Waals surface area (Å²) in [5.74, 6) is 1.34. The van der Waals surface area contributed by atoms with Gasteiger partial charge in [0.05, 0.1) is 0 Å². The number of rotatable bonds is 4. The molecule has 6 heteroatoms. The van der Waals surface area contributed by atoms with Gasteiger partial charge in [0.2, 0.25) is 0 Å². The molecule has 0 saturated carbocycles. The standard InChI is InChI=1S/C15H19Cl2NO2S/c1-10(9-11-12(16)3-2-4-13(11)17)18-14(19)15(20)5-7-21-8-6-15/h2-4,10,20H,5-9H2,1H3,(H,18,19). The van der Waals surface area contributed by atoms with Gasteiger partial charge in [-0.2, -0.15) is 11.8 Å². The lowest BCUT2D eigenvalue weighted by atomic mass is 9.95.